The average molecular weight is 369 g/mol. The number of carbonyl (C=O) groups is 1. The predicted molar refractivity (Wildman–Crippen MR) is 101 cm³/mol. The van der Waals surface area contributed by atoms with E-state index in [1.165, 1.54) is 18.5 Å². The van der Waals surface area contributed by atoms with Crippen LogP contribution in [0.1, 0.15) is 50.0 Å². The molecule has 2 fully saturated rings. The Morgan fingerprint density at radius 3 is 2.63 bits per heavy atom. The third kappa shape index (κ3) is 3.88. The van der Waals surface area contributed by atoms with Gasteiger partial charge in [-0.15, -0.1) is 0 Å². The van der Waals surface area contributed by atoms with Crippen molar-refractivity contribution in [1.29, 1.82) is 0 Å². The number of carboxylic acid groups (broad SMARTS) is 1. The first-order valence-electron chi connectivity index (χ1n) is 9.80. The van der Waals surface area contributed by atoms with E-state index in [0.29, 0.717) is 18.8 Å². The minimum absolute atomic E-state index is 0.385. The quantitative estimate of drug-likeness (QED) is 0.809. The van der Waals surface area contributed by atoms with Gasteiger partial charge in [0.25, 0.3) is 0 Å². The molecule has 7 heteroatoms. The minimum atomic E-state index is -1.06. The number of rotatable bonds is 6. The lowest BCUT2D eigenvalue weighted by Crippen LogP contribution is -2.50. The Hall–Kier alpha value is -2.28. The molecule has 0 spiro atoms. The van der Waals surface area contributed by atoms with Gasteiger partial charge in [-0.1, -0.05) is 0 Å². The van der Waals surface area contributed by atoms with Crippen molar-refractivity contribution >= 4 is 5.97 Å². The summed E-state index contributed by atoms with van der Waals surface area (Å²) in [5.41, 5.74) is 8.19. The summed E-state index contributed by atoms with van der Waals surface area (Å²) in [5, 5.41) is 13.7. The molecule has 0 unspecified atom stereocenters. The minimum Gasteiger partial charge on any atom is -0.480 e. The van der Waals surface area contributed by atoms with Gasteiger partial charge >= 0.3 is 5.97 Å². The van der Waals surface area contributed by atoms with E-state index in [0.717, 1.165) is 48.7 Å². The molecule has 144 valence electrons. The molecule has 0 aromatic carbocycles. The van der Waals surface area contributed by atoms with E-state index in [9.17, 15) is 9.90 Å². The fourth-order valence-electron chi connectivity index (χ4n) is 4.03. The summed E-state index contributed by atoms with van der Waals surface area (Å²) in [6.45, 7) is 0. The Bertz CT molecular complexity index is 835. The molecule has 7 nitrogen and oxygen atoms in total. The topological polar surface area (TPSA) is 107 Å². The standard InChI is InChI=1S/C20H27N5O2/c1-25-17(10-13-2-3-13)15(12-23-25)16-6-9-22-18(24-16)11-14-4-7-20(21,8-5-14)19(26)27/h6,9,12-14H,2-5,7-8,10-11,21H2,1H3,(H,26,27). The van der Waals surface area contributed by atoms with Gasteiger partial charge in [-0.2, -0.15) is 5.10 Å². The Balaban J connectivity index is 1.47. The lowest BCUT2D eigenvalue weighted by Gasteiger charge is -2.33. The second-order valence-electron chi connectivity index (χ2n) is 8.24. The van der Waals surface area contributed by atoms with Gasteiger partial charge in [0.15, 0.2) is 0 Å². The van der Waals surface area contributed by atoms with Crippen LogP contribution in [0.5, 0.6) is 0 Å². The fraction of sp³-hybridized carbons (Fsp3) is 0.600. The van der Waals surface area contributed by atoms with Gasteiger partial charge < -0.3 is 10.8 Å². The normalized spacial score (nSPS) is 25.5. The maximum atomic E-state index is 11.3. The largest absolute Gasteiger partial charge is 0.480 e. The summed E-state index contributed by atoms with van der Waals surface area (Å²) in [4.78, 5) is 20.6. The maximum Gasteiger partial charge on any atom is 0.323 e. The fourth-order valence-corrected chi connectivity index (χ4v) is 4.03. The van der Waals surface area contributed by atoms with Crippen molar-refractivity contribution in [3.05, 3.63) is 30.0 Å². The van der Waals surface area contributed by atoms with Crippen molar-refractivity contribution in [2.75, 3.05) is 0 Å². The van der Waals surface area contributed by atoms with Crippen LogP contribution in [0.2, 0.25) is 0 Å². The van der Waals surface area contributed by atoms with Gasteiger partial charge in [-0.25, -0.2) is 9.97 Å². The van der Waals surface area contributed by atoms with E-state index >= 15 is 0 Å². The number of carboxylic acids is 1. The molecule has 4 rings (SSSR count). The van der Waals surface area contributed by atoms with Gasteiger partial charge in [0.05, 0.1) is 11.9 Å². The van der Waals surface area contributed by atoms with Gasteiger partial charge in [-0.3, -0.25) is 9.48 Å². The van der Waals surface area contributed by atoms with Crippen LogP contribution in [0.3, 0.4) is 0 Å². The van der Waals surface area contributed by atoms with Gasteiger partial charge in [-0.05, 0) is 62.8 Å². The molecular formula is C20H27N5O2. The Morgan fingerprint density at radius 2 is 1.96 bits per heavy atom. The highest BCUT2D eigenvalue weighted by atomic mass is 16.4. The molecule has 0 atom stereocenters. The monoisotopic (exact) mass is 369 g/mol. The van der Waals surface area contributed by atoms with Crippen LogP contribution in [0, 0.1) is 11.8 Å². The van der Waals surface area contributed by atoms with Crippen LogP contribution < -0.4 is 5.73 Å². The van der Waals surface area contributed by atoms with Crippen molar-refractivity contribution < 1.29 is 9.90 Å². The van der Waals surface area contributed by atoms with E-state index in [4.69, 9.17) is 10.7 Å². The zero-order chi connectivity index (χ0) is 19.0. The molecule has 2 aromatic heterocycles. The molecule has 0 radical (unpaired) electrons. The average Bonchev–Trinajstić information content (AvgIpc) is 3.40. The van der Waals surface area contributed by atoms with Crippen LogP contribution in [0.4, 0.5) is 0 Å². The molecule has 0 aliphatic heterocycles. The lowest BCUT2D eigenvalue weighted by atomic mass is 9.76. The Morgan fingerprint density at radius 1 is 1.26 bits per heavy atom. The van der Waals surface area contributed by atoms with Gasteiger partial charge in [0.2, 0.25) is 0 Å². The lowest BCUT2D eigenvalue weighted by molar-refractivity contribution is -0.144. The van der Waals surface area contributed by atoms with E-state index < -0.39 is 11.5 Å². The summed E-state index contributed by atoms with van der Waals surface area (Å²) in [7, 11) is 1.99. The van der Waals surface area contributed by atoms with E-state index in [-0.39, 0.29) is 0 Å². The highest BCUT2D eigenvalue weighted by Crippen LogP contribution is 2.36. The highest BCUT2D eigenvalue weighted by molar-refractivity contribution is 5.78. The number of nitrogens with zero attached hydrogens (tertiary/aromatic N) is 4. The van der Waals surface area contributed by atoms with Gasteiger partial charge in [0, 0.05) is 30.9 Å². The number of aromatic nitrogens is 4. The summed E-state index contributed by atoms with van der Waals surface area (Å²) in [5.74, 6) is 1.10. The number of aliphatic carboxylic acids is 1. The molecule has 0 saturated heterocycles. The van der Waals surface area contributed by atoms with Crippen LogP contribution in [-0.4, -0.2) is 36.4 Å². The molecule has 2 aliphatic carbocycles. The zero-order valence-electron chi connectivity index (χ0n) is 15.8. The van der Waals surface area contributed by atoms with Crippen molar-refractivity contribution in [2.24, 2.45) is 24.6 Å². The maximum absolute atomic E-state index is 11.3. The Kier molecular flexibility index (Phi) is 4.72. The van der Waals surface area contributed by atoms with Crippen molar-refractivity contribution in [1.82, 2.24) is 19.7 Å². The summed E-state index contributed by atoms with van der Waals surface area (Å²) < 4.78 is 1.96. The van der Waals surface area contributed by atoms with Crippen LogP contribution in [0.25, 0.3) is 11.3 Å². The SMILES string of the molecule is Cn1ncc(-c2ccnc(CC3CCC(N)(C(=O)O)CC3)n2)c1CC1CC1. The van der Waals surface area contributed by atoms with Crippen LogP contribution in [0.15, 0.2) is 18.5 Å². The summed E-state index contributed by atoms with van der Waals surface area (Å²) in [6, 6.07) is 1.95. The molecule has 2 saturated carbocycles. The number of hydrogen-bond donors (Lipinski definition) is 2. The zero-order valence-corrected chi connectivity index (χ0v) is 15.8. The molecule has 2 heterocycles. The number of hydrogen-bond acceptors (Lipinski definition) is 5. The van der Waals surface area contributed by atoms with Crippen molar-refractivity contribution in [2.45, 2.75) is 56.9 Å². The molecule has 2 aliphatic rings. The number of nitrogens with two attached hydrogens (primary N) is 1. The van der Waals surface area contributed by atoms with Crippen molar-refractivity contribution in [3.8, 4) is 11.3 Å². The van der Waals surface area contributed by atoms with Crippen LogP contribution in [-0.2, 0) is 24.7 Å². The van der Waals surface area contributed by atoms with E-state index in [1.54, 1.807) is 0 Å². The first-order valence-corrected chi connectivity index (χ1v) is 9.80. The molecule has 27 heavy (non-hydrogen) atoms. The van der Waals surface area contributed by atoms with Gasteiger partial charge in [0.1, 0.15) is 11.4 Å². The first kappa shape index (κ1) is 18.1. The highest BCUT2D eigenvalue weighted by Gasteiger charge is 2.38. The smallest absolute Gasteiger partial charge is 0.323 e. The van der Waals surface area contributed by atoms with Crippen LogP contribution >= 0.6 is 0 Å². The third-order valence-electron chi connectivity index (χ3n) is 6.12. The van der Waals surface area contributed by atoms with Crippen molar-refractivity contribution in [3.63, 3.8) is 0 Å². The summed E-state index contributed by atoms with van der Waals surface area (Å²) in [6.07, 6.45) is 10.8. The van der Waals surface area contributed by atoms with E-state index in [2.05, 4.69) is 10.1 Å². The Labute approximate surface area is 159 Å². The molecule has 3 N–H and O–H groups in total. The van der Waals surface area contributed by atoms with E-state index in [1.807, 2.05) is 30.2 Å². The molecule has 0 amide bonds. The molecular weight excluding hydrogens is 342 g/mol. The second kappa shape index (κ2) is 7.03. The third-order valence-corrected chi connectivity index (χ3v) is 6.12. The molecule has 0 bridgehead atoms. The predicted octanol–water partition coefficient (Wildman–Crippen LogP) is 2.34. The number of aryl methyl sites for hydroxylation is 1. The molecule has 2 aromatic rings. The summed E-state index contributed by atoms with van der Waals surface area (Å²) >= 11 is 0. The first-order chi connectivity index (χ1) is 12.9. The second-order valence-corrected chi connectivity index (χ2v) is 8.24.